The summed E-state index contributed by atoms with van der Waals surface area (Å²) >= 11 is 0. The normalized spacial score (nSPS) is 12.2. The summed E-state index contributed by atoms with van der Waals surface area (Å²) in [7, 11) is 0. The summed E-state index contributed by atoms with van der Waals surface area (Å²) in [6.07, 6.45) is 10.2. The fourth-order valence-corrected chi connectivity index (χ4v) is 2.60. The number of H-pyrrole nitrogens is 1. The molecule has 0 saturated heterocycles. The molecule has 0 bridgehead atoms. The zero-order valence-corrected chi connectivity index (χ0v) is 12.2. The topological polar surface area (TPSA) is 15.8 Å². The minimum Gasteiger partial charge on any atom is -0.355 e. The van der Waals surface area contributed by atoms with Crippen molar-refractivity contribution in [2.45, 2.75) is 52.4 Å². The van der Waals surface area contributed by atoms with Crippen LogP contribution in [-0.2, 0) is 0 Å². The molecule has 19 heavy (non-hydrogen) atoms. The SMILES string of the molecule is C/C=C(\CCCCCCC)c1cc2ccccc2[nH]1. The molecule has 0 unspecified atom stereocenters. The average Bonchev–Trinajstić information content (AvgIpc) is 2.86. The van der Waals surface area contributed by atoms with Crippen LogP contribution in [0.1, 0.15) is 58.1 Å². The van der Waals surface area contributed by atoms with Crippen LogP contribution >= 0.6 is 0 Å². The van der Waals surface area contributed by atoms with Crippen molar-refractivity contribution in [3.8, 4) is 0 Å². The summed E-state index contributed by atoms with van der Waals surface area (Å²) in [6, 6.07) is 10.8. The maximum Gasteiger partial charge on any atom is 0.0458 e. The Labute approximate surface area is 116 Å². The highest BCUT2D eigenvalue weighted by Crippen LogP contribution is 2.24. The maximum absolute atomic E-state index is 3.53. The van der Waals surface area contributed by atoms with Gasteiger partial charge in [0.1, 0.15) is 0 Å². The highest BCUT2D eigenvalue weighted by molar-refractivity contribution is 5.84. The van der Waals surface area contributed by atoms with E-state index in [0.29, 0.717) is 0 Å². The fourth-order valence-electron chi connectivity index (χ4n) is 2.60. The number of para-hydroxylation sites is 1. The number of hydrogen-bond donors (Lipinski definition) is 1. The van der Waals surface area contributed by atoms with E-state index >= 15 is 0 Å². The predicted octanol–water partition coefficient (Wildman–Crippen LogP) is 5.93. The first-order valence-corrected chi connectivity index (χ1v) is 7.58. The van der Waals surface area contributed by atoms with Gasteiger partial charge in [-0.2, -0.15) is 0 Å². The van der Waals surface area contributed by atoms with Gasteiger partial charge in [-0.1, -0.05) is 56.9 Å². The smallest absolute Gasteiger partial charge is 0.0458 e. The minimum absolute atomic E-state index is 1.19. The number of benzene rings is 1. The average molecular weight is 255 g/mol. The standard InChI is InChI=1S/C18H25N/c1-3-5-6-7-8-11-15(4-2)18-14-16-12-9-10-13-17(16)19-18/h4,9-10,12-14,19H,3,5-8,11H2,1-2H3/b15-4+. The molecule has 0 saturated carbocycles. The first kappa shape index (κ1) is 13.9. The van der Waals surface area contributed by atoms with Crippen molar-refractivity contribution in [3.63, 3.8) is 0 Å². The molecule has 0 aliphatic carbocycles. The van der Waals surface area contributed by atoms with Crippen LogP contribution in [-0.4, -0.2) is 4.98 Å². The van der Waals surface area contributed by atoms with E-state index in [1.807, 2.05) is 0 Å². The second-order valence-corrected chi connectivity index (χ2v) is 5.25. The summed E-state index contributed by atoms with van der Waals surface area (Å²) in [6.45, 7) is 4.41. The number of hydrogen-bond acceptors (Lipinski definition) is 0. The molecule has 102 valence electrons. The Bertz CT molecular complexity index is 500. The second-order valence-electron chi connectivity index (χ2n) is 5.25. The van der Waals surface area contributed by atoms with E-state index in [-0.39, 0.29) is 0 Å². The van der Waals surface area contributed by atoms with Crippen LogP contribution in [0.25, 0.3) is 16.5 Å². The van der Waals surface area contributed by atoms with Crippen LogP contribution in [0.4, 0.5) is 0 Å². The number of nitrogens with one attached hydrogen (secondary N) is 1. The van der Waals surface area contributed by atoms with Gasteiger partial charge in [-0.3, -0.25) is 0 Å². The van der Waals surface area contributed by atoms with Crippen LogP contribution in [0, 0.1) is 0 Å². The van der Waals surface area contributed by atoms with Crippen molar-refractivity contribution < 1.29 is 0 Å². The van der Waals surface area contributed by atoms with E-state index in [2.05, 4.69) is 55.2 Å². The molecule has 2 aromatic rings. The molecule has 0 atom stereocenters. The molecular weight excluding hydrogens is 230 g/mol. The lowest BCUT2D eigenvalue weighted by Gasteiger charge is -2.05. The van der Waals surface area contributed by atoms with E-state index in [9.17, 15) is 0 Å². The van der Waals surface area contributed by atoms with E-state index in [1.165, 1.54) is 60.7 Å². The largest absolute Gasteiger partial charge is 0.355 e. The third-order valence-corrected chi connectivity index (χ3v) is 3.77. The zero-order chi connectivity index (χ0) is 13.5. The highest BCUT2D eigenvalue weighted by Gasteiger charge is 2.04. The van der Waals surface area contributed by atoms with Crippen molar-refractivity contribution in [1.29, 1.82) is 0 Å². The Morgan fingerprint density at radius 3 is 2.63 bits per heavy atom. The number of aromatic amines is 1. The quantitative estimate of drug-likeness (QED) is 0.590. The van der Waals surface area contributed by atoms with Crippen molar-refractivity contribution in [2.75, 3.05) is 0 Å². The lowest BCUT2D eigenvalue weighted by Crippen LogP contribution is -1.86. The van der Waals surface area contributed by atoms with Gasteiger partial charge < -0.3 is 4.98 Å². The van der Waals surface area contributed by atoms with Gasteiger partial charge in [0.15, 0.2) is 0 Å². The molecule has 1 N–H and O–H groups in total. The van der Waals surface area contributed by atoms with Gasteiger partial charge in [0.2, 0.25) is 0 Å². The van der Waals surface area contributed by atoms with Crippen molar-refractivity contribution in [2.24, 2.45) is 0 Å². The van der Waals surface area contributed by atoms with Crippen molar-refractivity contribution in [1.82, 2.24) is 4.98 Å². The van der Waals surface area contributed by atoms with E-state index < -0.39 is 0 Å². The molecule has 0 aliphatic heterocycles. The van der Waals surface area contributed by atoms with Crippen LogP contribution in [0.5, 0.6) is 0 Å². The minimum atomic E-state index is 1.19. The first-order valence-electron chi connectivity index (χ1n) is 7.58. The fraction of sp³-hybridized carbons (Fsp3) is 0.444. The molecule has 0 amide bonds. The lowest BCUT2D eigenvalue weighted by atomic mass is 10.0. The van der Waals surface area contributed by atoms with Crippen molar-refractivity contribution >= 4 is 16.5 Å². The Morgan fingerprint density at radius 1 is 1.11 bits per heavy atom. The second kappa shape index (κ2) is 7.18. The van der Waals surface area contributed by atoms with Gasteiger partial charge >= 0.3 is 0 Å². The summed E-state index contributed by atoms with van der Waals surface area (Å²) in [5.74, 6) is 0. The summed E-state index contributed by atoms with van der Waals surface area (Å²) in [5, 5.41) is 1.31. The molecule has 0 spiro atoms. The van der Waals surface area contributed by atoms with E-state index in [4.69, 9.17) is 0 Å². The molecule has 1 aromatic heterocycles. The third-order valence-electron chi connectivity index (χ3n) is 3.77. The van der Waals surface area contributed by atoms with Gasteiger partial charge in [-0.25, -0.2) is 0 Å². The van der Waals surface area contributed by atoms with E-state index in [1.54, 1.807) is 0 Å². The van der Waals surface area contributed by atoms with Gasteiger partial charge in [-0.05, 0) is 42.9 Å². The molecule has 1 heteroatoms. The van der Waals surface area contributed by atoms with Gasteiger partial charge in [0.25, 0.3) is 0 Å². The van der Waals surface area contributed by atoms with Crippen LogP contribution < -0.4 is 0 Å². The first-order chi connectivity index (χ1) is 9.35. The number of rotatable bonds is 7. The Morgan fingerprint density at radius 2 is 1.89 bits per heavy atom. The molecule has 0 aliphatic rings. The number of fused-ring (bicyclic) bond motifs is 1. The number of allylic oxidation sites excluding steroid dienone is 2. The van der Waals surface area contributed by atoms with Crippen LogP contribution in [0.2, 0.25) is 0 Å². The molecule has 1 nitrogen and oxygen atoms in total. The summed E-state index contributed by atoms with van der Waals surface area (Å²) in [4.78, 5) is 3.53. The summed E-state index contributed by atoms with van der Waals surface area (Å²) < 4.78 is 0. The Kier molecular flexibility index (Phi) is 5.26. The van der Waals surface area contributed by atoms with E-state index in [0.717, 1.165) is 0 Å². The van der Waals surface area contributed by atoms with Gasteiger partial charge in [-0.15, -0.1) is 0 Å². The number of aromatic nitrogens is 1. The Balaban J connectivity index is 1.97. The monoisotopic (exact) mass is 255 g/mol. The molecule has 1 aromatic carbocycles. The molecule has 1 heterocycles. The van der Waals surface area contributed by atoms with Crippen LogP contribution in [0.3, 0.4) is 0 Å². The van der Waals surface area contributed by atoms with Gasteiger partial charge in [0, 0.05) is 11.2 Å². The third kappa shape index (κ3) is 3.73. The van der Waals surface area contributed by atoms with Crippen molar-refractivity contribution in [3.05, 3.63) is 42.1 Å². The predicted molar refractivity (Wildman–Crippen MR) is 85.3 cm³/mol. The zero-order valence-electron chi connectivity index (χ0n) is 12.2. The Hall–Kier alpha value is -1.50. The molecule has 0 radical (unpaired) electrons. The maximum atomic E-state index is 3.53. The molecule has 0 fully saturated rings. The highest BCUT2D eigenvalue weighted by atomic mass is 14.7. The van der Waals surface area contributed by atoms with Gasteiger partial charge in [0.05, 0.1) is 0 Å². The molecular formula is C18H25N. The number of unbranched alkanes of at least 4 members (excludes halogenated alkanes) is 4. The summed E-state index contributed by atoms with van der Waals surface area (Å²) in [5.41, 5.74) is 3.98. The molecule has 2 rings (SSSR count). The lowest BCUT2D eigenvalue weighted by molar-refractivity contribution is 0.640. The van der Waals surface area contributed by atoms with Crippen LogP contribution in [0.15, 0.2) is 36.4 Å².